The highest BCUT2D eigenvalue weighted by molar-refractivity contribution is 7.92. The van der Waals surface area contributed by atoms with E-state index in [0.717, 1.165) is 6.07 Å². The Labute approximate surface area is 289 Å². The van der Waals surface area contributed by atoms with E-state index in [9.17, 15) is 37.5 Å². The first-order valence-electron chi connectivity index (χ1n) is 16.3. The van der Waals surface area contributed by atoms with Crippen molar-refractivity contribution in [3.63, 3.8) is 0 Å². The van der Waals surface area contributed by atoms with E-state index in [1.165, 1.54) is 27.3 Å². The van der Waals surface area contributed by atoms with Crippen molar-refractivity contribution in [2.24, 2.45) is 0 Å². The number of aromatic hydroxyl groups is 1. The van der Waals surface area contributed by atoms with Crippen LogP contribution in [0, 0.1) is 5.82 Å². The summed E-state index contributed by atoms with van der Waals surface area (Å²) in [5, 5.41) is 15.6. The number of nitrogens with zero attached hydrogens (tertiary/aromatic N) is 4. The van der Waals surface area contributed by atoms with Gasteiger partial charge in [0.05, 0.1) is 17.6 Å². The normalized spacial score (nSPS) is 22.4. The summed E-state index contributed by atoms with van der Waals surface area (Å²) in [6.45, 7) is 1.64. The Morgan fingerprint density at radius 1 is 1.04 bits per heavy atom. The van der Waals surface area contributed by atoms with Crippen molar-refractivity contribution in [2.75, 3.05) is 35.8 Å². The Morgan fingerprint density at radius 3 is 2.51 bits per heavy atom. The highest BCUT2D eigenvalue weighted by Crippen LogP contribution is 2.39. The lowest BCUT2D eigenvalue weighted by molar-refractivity contribution is -0.135. The van der Waals surface area contributed by atoms with Crippen molar-refractivity contribution in [3.8, 4) is 5.75 Å². The quantitative estimate of drug-likeness (QED) is 0.206. The maximum atomic E-state index is 15.7. The van der Waals surface area contributed by atoms with E-state index in [1.54, 1.807) is 34.7 Å². The smallest absolute Gasteiger partial charge is 0.329 e. The molecule has 18 heteroatoms. The van der Waals surface area contributed by atoms with Crippen molar-refractivity contribution in [1.29, 1.82) is 0 Å². The summed E-state index contributed by atoms with van der Waals surface area (Å²) in [5.74, 6) is -4.55. The van der Waals surface area contributed by atoms with Crippen LogP contribution in [0.2, 0.25) is 0 Å². The Morgan fingerprint density at radius 2 is 1.82 bits per heavy atom. The number of carbonyl (C=O) groups excluding carboxylic acids is 4. The van der Waals surface area contributed by atoms with Gasteiger partial charge in [-0.1, -0.05) is 6.07 Å². The minimum atomic E-state index is -4.37. The summed E-state index contributed by atoms with van der Waals surface area (Å²) < 4.78 is 60.7. The number of benzene rings is 3. The lowest BCUT2D eigenvalue weighted by atomic mass is 9.87. The second kappa shape index (κ2) is 12.8. The molecule has 3 fully saturated rings. The van der Waals surface area contributed by atoms with Gasteiger partial charge in [0, 0.05) is 36.5 Å². The van der Waals surface area contributed by atoms with E-state index in [4.69, 9.17) is 0 Å². The standard InChI is InChI=1S/C33H33F2N7O8S/c1-2-40-25-12-17(3-6-23(25)42(33(40)48)24-7-8-27(44)37-32(24)47)20-9-10-39(14-22(20)34)15-28(45)36-19-4-5-21-18(11-19)13-26(43)31(30(21)35)41-16-29(46)38-51(41,49)50/h3-6,11-13,20,22,24,43H,2,7-10,14-16H2,1H3,(H,36,45)(H,38,46)(H,37,44,47). The summed E-state index contributed by atoms with van der Waals surface area (Å²) in [5.41, 5.74) is 0.962. The summed E-state index contributed by atoms with van der Waals surface area (Å²) >= 11 is 0. The molecule has 4 N–H and O–H groups in total. The number of phenols is 1. The van der Waals surface area contributed by atoms with Crippen LogP contribution in [0.1, 0.15) is 43.7 Å². The molecule has 3 unspecified atom stereocenters. The van der Waals surface area contributed by atoms with Gasteiger partial charge in [-0.15, -0.1) is 0 Å². The number of likely N-dealkylation sites (tertiary alicyclic amines) is 1. The number of fused-ring (bicyclic) bond motifs is 2. The first kappa shape index (κ1) is 34.1. The molecule has 4 aromatic rings. The molecule has 268 valence electrons. The largest absolute Gasteiger partial charge is 0.506 e. The zero-order chi connectivity index (χ0) is 36.4. The van der Waals surface area contributed by atoms with Gasteiger partial charge in [-0.25, -0.2) is 22.6 Å². The number of piperidine rings is 2. The molecule has 7 rings (SSSR count). The van der Waals surface area contributed by atoms with Gasteiger partial charge in [0.2, 0.25) is 17.7 Å². The number of hydrogen-bond donors (Lipinski definition) is 4. The maximum absolute atomic E-state index is 15.7. The van der Waals surface area contributed by atoms with Crippen LogP contribution in [0.4, 0.5) is 20.2 Å². The van der Waals surface area contributed by atoms with E-state index in [2.05, 4.69) is 10.6 Å². The third-order valence-electron chi connectivity index (χ3n) is 9.63. The third kappa shape index (κ3) is 6.07. The van der Waals surface area contributed by atoms with Crippen LogP contribution in [0.3, 0.4) is 0 Å². The molecular weight excluding hydrogens is 692 g/mol. The van der Waals surface area contributed by atoms with Gasteiger partial charge in [0.25, 0.3) is 5.91 Å². The Kier molecular flexibility index (Phi) is 8.53. The second-order valence-corrected chi connectivity index (χ2v) is 14.4. The number of aromatic nitrogens is 2. The van der Waals surface area contributed by atoms with E-state index in [-0.39, 0.29) is 54.0 Å². The lowest BCUT2D eigenvalue weighted by Gasteiger charge is -2.34. The molecule has 15 nitrogen and oxygen atoms in total. The minimum Gasteiger partial charge on any atom is -0.506 e. The molecule has 0 aliphatic carbocycles. The summed E-state index contributed by atoms with van der Waals surface area (Å²) in [4.78, 5) is 63.9. The Hall–Kier alpha value is -5.36. The average Bonchev–Trinajstić information content (AvgIpc) is 3.49. The van der Waals surface area contributed by atoms with Gasteiger partial charge in [-0.2, -0.15) is 8.42 Å². The fraction of sp³-hybridized carbons (Fsp3) is 0.364. The number of amides is 4. The number of anilines is 2. The molecule has 51 heavy (non-hydrogen) atoms. The fourth-order valence-electron chi connectivity index (χ4n) is 7.25. The number of halogens is 2. The second-order valence-electron chi connectivity index (χ2n) is 12.8. The topological polar surface area (TPSA) is 192 Å². The van der Waals surface area contributed by atoms with Crippen molar-refractivity contribution in [3.05, 3.63) is 64.3 Å². The minimum absolute atomic E-state index is 0.0374. The molecule has 4 amide bonds. The number of alkyl halides is 1. The number of carbonyl (C=O) groups is 4. The van der Waals surface area contributed by atoms with E-state index in [0.29, 0.717) is 40.4 Å². The van der Waals surface area contributed by atoms with Crippen molar-refractivity contribution in [1.82, 2.24) is 24.1 Å². The van der Waals surface area contributed by atoms with Gasteiger partial charge in [0.15, 0.2) is 5.82 Å². The van der Waals surface area contributed by atoms with Gasteiger partial charge in [-0.3, -0.25) is 38.5 Å². The first-order chi connectivity index (χ1) is 24.2. The fourth-order valence-corrected chi connectivity index (χ4v) is 8.42. The SMILES string of the molecule is CCn1c(=O)n(C2CCC(=O)NC2=O)c2ccc(C3CCN(CC(=O)Nc4ccc5c(F)c(N6CC(=O)NS6(=O)=O)c(O)cc5c4)CC3F)cc21. The molecule has 4 heterocycles. The number of imide groups is 1. The maximum Gasteiger partial charge on any atom is 0.329 e. The van der Waals surface area contributed by atoms with Crippen LogP contribution in [0.5, 0.6) is 5.75 Å². The monoisotopic (exact) mass is 725 g/mol. The van der Waals surface area contributed by atoms with Gasteiger partial charge >= 0.3 is 15.9 Å². The molecule has 3 saturated heterocycles. The predicted octanol–water partition coefficient (Wildman–Crippen LogP) is 1.75. The molecule has 0 radical (unpaired) electrons. The van der Waals surface area contributed by atoms with Crippen molar-refractivity contribution < 1.29 is 41.5 Å². The molecule has 0 spiro atoms. The first-order valence-corrected chi connectivity index (χ1v) is 17.7. The highest BCUT2D eigenvalue weighted by Gasteiger charge is 2.38. The summed E-state index contributed by atoms with van der Waals surface area (Å²) in [6, 6.07) is 9.61. The Bertz CT molecular complexity index is 2320. The number of nitrogens with one attached hydrogen (secondary N) is 3. The number of phenolic OH excluding ortho intramolecular Hbond substituents is 1. The molecule has 0 bridgehead atoms. The number of imidazole rings is 1. The van der Waals surface area contributed by atoms with E-state index >= 15 is 8.78 Å². The molecule has 0 saturated carbocycles. The number of rotatable bonds is 7. The van der Waals surface area contributed by atoms with Crippen molar-refractivity contribution >= 4 is 67.0 Å². The Balaban J connectivity index is 1.03. The van der Waals surface area contributed by atoms with Crippen LogP contribution in [-0.2, 0) is 35.9 Å². The number of hydrogen-bond acceptors (Lipinski definition) is 9. The van der Waals surface area contributed by atoms with Crippen LogP contribution in [-0.4, -0.2) is 83.5 Å². The molecular formula is C33H33F2N7O8S. The van der Waals surface area contributed by atoms with Crippen LogP contribution < -0.4 is 25.4 Å². The zero-order valence-electron chi connectivity index (χ0n) is 27.2. The van der Waals surface area contributed by atoms with Crippen LogP contribution >= 0.6 is 0 Å². The summed E-state index contributed by atoms with van der Waals surface area (Å²) in [7, 11) is -4.37. The number of aryl methyl sites for hydroxylation is 1. The predicted molar refractivity (Wildman–Crippen MR) is 181 cm³/mol. The summed E-state index contributed by atoms with van der Waals surface area (Å²) in [6.07, 6.45) is -0.638. The zero-order valence-corrected chi connectivity index (χ0v) is 28.0. The average molecular weight is 726 g/mol. The van der Waals surface area contributed by atoms with Gasteiger partial charge < -0.3 is 10.4 Å². The molecule has 3 aromatic carbocycles. The third-order valence-corrected chi connectivity index (χ3v) is 11.0. The highest BCUT2D eigenvalue weighted by atomic mass is 32.2. The van der Waals surface area contributed by atoms with Gasteiger partial charge in [-0.05, 0) is 73.7 Å². The van der Waals surface area contributed by atoms with Crippen LogP contribution in [0.15, 0.2) is 47.3 Å². The van der Waals surface area contributed by atoms with Crippen molar-refractivity contribution in [2.45, 2.75) is 50.9 Å². The molecule has 3 aliphatic heterocycles. The van der Waals surface area contributed by atoms with Gasteiger partial charge in [0.1, 0.15) is 30.2 Å². The molecule has 3 aliphatic rings. The lowest BCUT2D eigenvalue weighted by Crippen LogP contribution is -2.44. The van der Waals surface area contributed by atoms with Crippen LogP contribution in [0.25, 0.3) is 21.8 Å². The van der Waals surface area contributed by atoms with E-state index < -0.39 is 69.9 Å². The van der Waals surface area contributed by atoms with E-state index in [1.807, 2.05) is 0 Å². The molecule has 3 atom stereocenters. The molecule has 1 aromatic heterocycles.